The largest absolute Gasteiger partial charge is 0.369 e. The summed E-state index contributed by atoms with van der Waals surface area (Å²) in [6.07, 6.45) is 6.67. The summed E-state index contributed by atoms with van der Waals surface area (Å²) in [5.41, 5.74) is 6.33. The van der Waals surface area contributed by atoms with Crippen LogP contribution in [-0.2, 0) is 4.79 Å². The van der Waals surface area contributed by atoms with E-state index in [9.17, 15) is 4.79 Å². The van der Waals surface area contributed by atoms with Crippen molar-refractivity contribution in [1.29, 1.82) is 0 Å². The quantitative estimate of drug-likeness (QED) is 0.816. The number of primary amides is 1. The van der Waals surface area contributed by atoms with Crippen LogP contribution in [0.4, 0.5) is 5.82 Å². The van der Waals surface area contributed by atoms with Gasteiger partial charge in [-0.15, -0.1) is 0 Å². The molecular weight excluding hydrogens is 356 g/mol. The average Bonchev–Trinajstić information content (AvgIpc) is 3.38. The molecular formula is C20H28N6O2. The zero-order chi connectivity index (χ0) is 19.5. The van der Waals surface area contributed by atoms with Crippen LogP contribution >= 0.6 is 0 Å². The summed E-state index contributed by atoms with van der Waals surface area (Å²) < 4.78 is 5.62. The standard InChI is InChI=1S/C20H28N6O2/c1-2-9-25-10-3-4-16(25)20-23-19(24-28-20)15-5-8-22-17(13-15)26-11-6-14(7-12-26)18(21)27/h5,8,13-14,16H,2-4,6-7,9-12H2,1H3,(H2,21,27)/t16-/m0/s1. The molecule has 2 fully saturated rings. The van der Waals surface area contributed by atoms with E-state index in [0.717, 1.165) is 63.2 Å². The van der Waals surface area contributed by atoms with Gasteiger partial charge in [0, 0.05) is 30.8 Å². The number of likely N-dealkylation sites (tertiary alicyclic amines) is 1. The summed E-state index contributed by atoms with van der Waals surface area (Å²) in [5, 5.41) is 4.23. The number of aromatic nitrogens is 3. The van der Waals surface area contributed by atoms with Gasteiger partial charge in [-0.25, -0.2) is 4.98 Å². The van der Waals surface area contributed by atoms with E-state index in [0.29, 0.717) is 11.7 Å². The molecule has 4 heterocycles. The third-order valence-electron chi connectivity index (χ3n) is 5.83. The van der Waals surface area contributed by atoms with Gasteiger partial charge in [0.2, 0.25) is 17.6 Å². The lowest BCUT2D eigenvalue weighted by atomic mass is 9.96. The number of carbonyl (C=O) groups excluding carboxylic acids is 1. The fourth-order valence-electron chi connectivity index (χ4n) is 4.27. The van der Waals surface area contributed by atoms with Crippen LogP contribution in [0.25, 0.3) is 11.4 Å². The maximum Gasteiger partial charge on any atom is 0.244 e. The molecule has 0 spiro atoms. The molecule has 2 N–H and O–H groups in total. The number of amides is 1. The zero-order valence-electron chi connectivity index (χ0n) is 16.4. The Hall–Kier alpha value is -2.48. The number of hydrogen-bond donors (Lipinski definition) is 1. The molecule has 2 aromatic rings. The first kappa shape index (κ1) is 18.9. The number of hydrogen-bond acceptors (Lipinski definition) is 7. The highest BCUT2D eigenvalue weighted by Crippen LogP contribution is 2.32. The summed E-state index contributed by atoms with van der Waals surface area (Å²) in [7, 11) is 0. The Morgan fingerprint density at radius 2 is 2.11 bits per heavy atom. The average molecular weight is 384 g/mol. The van der Waals surface area contributed by atoms with Crippen molar-refractivity contribution >= 4 is 11.7 Å². The Labute approximate surface area is 165 Å². The molecule has 4 rings (SSSR count). The molecule has 2 aliphatic rings. The Kier molecular flexibility index (Phi) is 5.57. The summed E-state index contributed by atoms with van der Waals surface area (Å²) in [6, 6.07) is 4.14. The maximum atomic E-state index is 11.4. The first-order chi connectivity index (χ1) is 13.7. The van der Waals surface area contributed by atoms with E-state index in [4.69, 9.17) is 10.3 Å². The van der Waals surface area contributed by atoms with E-state index in [2.05, 4.69) is 31.8 Å². The predicted molar refractivity (Wildman–Crippen MR) is 105 cm³/mol. The van der Waals surface area contributed by atoms with Crippen molar-refractivity contribution in [3.63, 3.8) is 0 Å². The number of nitrogens with two attached hydrogens (primary N) is 1. The Balaban J connectivity index is 1.48. The van der Waals surface area contributed by atoms with Crippen LogP contribution in [-0.4, -0.2) is 52.1 Å². The minimum atomic E-state index is -0.204. The molecule has 2 aromatic heterocycles. The van der Waals surface area contributed by atoms with Crippen LogP contribution in [0.5, 0.6) is 0 Å². The van der Waals surface area contributed by atoms with Gasteiger partial charge in [0.15, 0.2) is 0 Å². The Morgan fingerprint density at radius 3 is 2.86 bits per heavy atom. The van der Waals surface area contributed by atoms with Crippen molar-refractivity contribution < 1.29 is 9.32 Å². The number of anilines is 1. The predicted octanol–water partition coefficient (Wildman–Crippen LogP) is 2.38. The Bertz CT molecular complexity index is 815. The second-order valence-corrected chi connectivity index (χ2v) is 7.72. The molecule has 0 aromatic carbocycles. The summed E-state index contributed by atoms with van der Waals surface area (Å²) in [6.45, 7) is 5.89. The molecule has 1 atom stereocenters. The summed E-state index contributed by atoms with van der Waals surface area (Å²) >= 11 is 0. The highest BCUT2D eigenvalue weighted by Gasteiger charge is 2.30. The van der Waals surface area contributed by atoms with Crippen molar-refractivity contribution in [1.82, 2.24) is 20.0 Å². The third-order valence-corrected chi connectivity index (χ3v) is 5.83. The van der Waals surface area contributed by atoms with Gasteiger partial charge in [-0.3, -0.25) is 9.69 Å². The number of piperidine rings is 1. The van der Waals surface area contributed by atoms with Gasteiger partial charge in [-0.05, 0) is 57.3 Å². The van der Waals surface area contributed by atoms with Crippen molar-refractivity contribution in [2.75, 3.05) is 31.1 Å². The van der Waals surface area contributed by atoms with Crippen LogP contribution in [0.2, 0.25) is 0 Å². The number of rotatable bonds is 6. The van der Waals surface area contributed by atoms with Gasteiger partial charge in [0.25, 0.3) is 0 Å². The molecule has 0 radical (unpaired) electrons. The number of nitrogens with zero attached hydrogens (tertiary/aromatic N) is 5. The zero-order valence-corrected chi connectivity index (χ0v) is 16.4. The maximum absolute atomic E-state index is 11.4. The van der Waals surface area contributed by atoms with Gasteiger partial charge < -0.3 is 15.2 Å². The van der Waals surface area contributed by atoms with E-state index in [-0.39, 0.29) is 17.9 Å². The van der Waals surface area contributed by atoms with Crippen LogP contribution < -0.4 is 10.6 Å². The van der Waals surface area contributed by atoms with Gasteiger partial charge in [-0.2, -0.15) is 4.98 Å². The molecule has 0 saturated carbocycles. The molecule has 8 nitrogen and oxygen atoms in total. The molecule has 2 saturated heterocycles. The summed E-state index contributed by atoms with van der Waals surface area (Å²) in [4.78, 5) is 25.2. The molecule has 150 valence electrons. The monoisotopic (exact) mass is 384 g/mol. The second kappa shape index (κ2) is 8.26. The Morgan fingerprint density at radius 1 is 1.29 bits per heavy atom. The normalized spacial score (nSPS) is 21.3. The van der Waals surface area contributed by atoms with E-state index in [1.54, 1.807) is 6.20 Å². The van der Waals surface area contributed by atoms with Gasteiger partial charge in [0.1, 0.15) is 5.82 Å². The summed E-state index contributed by atoms with van der Waals surface area (Å²) in [5.74, 6) is 1.96. The molecule has 0 aliphatic carbocycles. The third kappa shape index (κ3) is 3.87. The highest BCUT2D eigenvalue weighted by molar-refractivity contribution is 5.77. The van der Waals surface area contributed by atoms with Crippen LogP contribution in [0.3, 0.4) is 0 Å². The van der Waals surface area contributed by atoms with Gasteiger partial charge >= 0.3 is 0 Å². The second-order valence-electron chi connectivity index (χ2n) is 7.72. The molecule has 0 bridgehead atoms. The van der Waals surface area contributed by atoms with E-state index < -0.39 is 0 Å². The number of pyridine rings is 1. The smallest absolute Gasteiger partial charge is 0.244 e. The molecule has 8 heteroatoms. The van der Waals surface area contributed by atoms with E-state index in [1.165, 1.54) is 6.42 Å². The van der Waals surface area contributed by atoms with Crippen LogP contribution in [0, 0.1) is 5.92 Å². The number of carbonyl (C=O) groups is 1. The lowest BCUT2D eigenvalue weighted by molar-refractivity contribution is -0.122. The molecule has 1 amide bonds. The fraction of sp³-hybridized carbons (Fsp3) is 0.600. The topological polar surface area (TPSA) is 101 Å². The first-order valence-electron chi connectivity index (χ1n) is 10.2. The lowest BCUT2D eigenvalue weighted by Crippen LogP contribution is -2.38. The minimum absolute atomic E-state index is 0.0309. The van der Waals surface area contributed by atoms with Crippen molar-refractivity contribution in [3.8, 4) is 11.4 Å². The molecule has 0 unspecified atom stereocenters. The van der Waals surface area contributed by atoms with Crippen molar-refractivity contribution in [2.45, 2.75) is 45.1 Å². The first-order valence-corrected chi connectivity index (χ1v) is 10.2. The van der Waals surface area contributed by atoms with Crippen molar-refractivity contribution in [2.24, 2.45) is 11.7 Å². The minimum Gasteiger partial charge on any atom is -0.369 e. The van der Waals surface area contributed by atoms with Gasteiger partial charge in [0.05, 0.1) is 6.04 Å². The van der Waals surface area contributed by atoms with Crippen LogP contribution in [0.15, 0.2) is 22.9 Å². The van der Waals surface area contributed by atoms with Gasteiger partial charge in [-0.1, -0.05) is 12.1 Å². The van der Waals surface area contributed by atoms with Crippen molar-refractivity contribution in [3.05, 3.63) is 24.2 Å². The highest BCUT2D eigenvalue weighted by atomic mass is 16.5. The van der Waals surface area contributed by atoms with E-state index in [1.807, 2.05) is 12.1 Å². The molecule has 2 aliphatic heterocycles. The SMILES string of the molecule is CCCN1CCC[C@H]1c1nc(-c2ccnc(N3CCC(C(N)=O)CC3)c2)no1. The molecule has 28 heavy (non-hydrogen) atoms. The van der Waals surface area contributed by atoms with E-state index >= 15 is 0 Å². The van der Waals surface area contributed by atoms with Crippen LogP contribution in [0.1, 0.15) is 51.0 Å². The lowest BCUT2D eigenvalue weighted by Gasteiger charge is -2.31. The fourth-order valence-corrected chi connectivity index (χ4v) is 4.27.